The fourth-order valence-corrected chi connectivity index (χ4v) is 5.12. The third-order valence-electron chi connectivity index (χ3n) is 6.47. The maximum atomic E-state index is 14.5. The minimum atomic E-state index is -3.57. The summed E-state index contributed by atoms with van der Waals surface area (Å²) in [6.45, 7) is -0.464. The average Bonchev–Trinajstić information content (AvgIpc) is 3.46. The van der Waals surface area contributed by atoms with Crippen molar-refractivity contribution >= 4 is 15.9 Å². The highest BCUT2D eigenvalue weighted by atomic mass is 32.2. The lowest BCUT2D eigenvalue weighted by molar-refractivity contribution is -0.150. The molecule has 0 aromatic heterocycles. The molecular weight excluding hydrogens is 455 g/mol. The number of nitrogens with one attached hydrogen (secondary N) is 1. The molecule has 4 rings (SSSR count). The second-order valence-corrected chi connectivity index (χ2v) is 10.4. The van der Waals surface area contributed by atoms with Crippen LogP contribution >= 0.6 is 0 Å². The number of rotatable bonds is 7. The number of amides is 1. The normalized spacial score (nSPS) is 26.4. The number of sulfonamides is 1. The largest absolute Gasteiger partial charge is 0.332 e. The van der Waals surface area contributed by atoms with Crippen molar-refractivity contribution in [2.75, 3.05) is 19.3 Å². The lowest BCUT2D eigenvalue weighted by atomic mass is 9.87. The fourth-order valence-electron chi connectivity index (χ4n) is 4.64. The van der Waals surface area contributed by atoms with Gasteiger partial charge in [0.15, 0.2) is 0 Å². The molecule has 0 bridgehead atoms. The van der Waals surface area contributed by atoms with E-state index in [2.05, 4.69) is 4.72 Å². The Balaban J connectivity index is 1.65. The van der Waals surface area contributed by atoms with Crippen LogP contribution in [-0.2, 0) is 14.8 Å². The quantitative estimate of drug-likeness (QED) is 0.664. The van der Waals surface area contributed by atoms with E-state index >= 15 is 0 Å². The third kappa shape index (κ3) is 4.23. The number of carbonyl (C=O) groups is 1. The van der Waals surface area contributed by atoms with E-state index in [0.29, 0.717) is 11.1 Å². The number of halogens is 3. The summed E-state index contributed by atoms with van der Waals surface area (Å²) in [6, 6.07) is 11.2. The molecule has 2 aromatic carbocycles. The van der Waals surface area contributed by atoms with Gasteiger partial charge in [-0.25, -0.2) is 26.3 Å². The number of benzene rings is 2. The van der Waals surface area contributed by atoms with Gasteiger partial charge >= 0.3 is 0 Å². The summed E-state index contributed by atoms with van der Waals surface area (Å²) < 4.78 is 68.2. The van der Waals surface area contributed by atoms with E-state index in [1.807, 2.05) is 6.07 Å². The topological polar surface area (TPSA) is 90.3 Å². The average molecular weight is 478 g/mol. The Morgan fingerprint density at radius 2 is 1.88 bits per heavy atom. The van der Waals surface area contributed by atoms with Crippen molar-refractivity contribution in [2.45, 2.75) is 31.0 Å². The van der Waals surface area contributed by atoms with Crippen LogP contribution in [0.3, 0.4) is 0 Å². The zero-order valence-electron chi connectivity index (χ0n) is 17.8. The summed E-state index contributed by atoms with van der Waals surface area (Å²) in [4.78, 5) is 14.7. The van der Waals surface area contributed by atoms with Crippen molar-refractivity contribution in [1.82, 2.24) is 9.62 Å². The van der Waals surface area contributed by atoms with Crippen molar-refractivity contribution in [1.29, 1.82) is 5.26 Å². The second-order valence-electron chi connectivity index (χ2n) is 8.59. The lowest BCUT2D eigenvalue weighted by Crippen LogP contribution is -2.65. The molecule has 2 aliphatic rings. The van der Waals surface area contributed by atoms with Crippen LogP contribution in [0.2, 0.25) is 0 Å². The summed E-state index contributed by atoms with van der Waals surface area (Å²) in [5.74, 6) is -2.42. The molecule has 33 heavy (non-hydrogen) atoms. The van der Waals surface area contributed by atoms with Gasteiger partial charge in [-0.15, -0.1) is 0 Å². The highest BCUT2D eigenvalue weighted by molar-refractivity contribution is 7.88. The Kier molecular flexibility index (Phi) is 5.97. The van der Waals surface area contributed by atoms with Crippen molar-refractivity contribution in [3.8, 4) is 17.2 Å². The maximum Gasteiger partial charge on any atom is 0.230 e. The molecule has 2 aromatic rings. The predicted octanol–water partition coefficient (Wildman–Crippen LogP) is 3.12. The molecule has 1 saturated carbocycles. The molecule has 1 aliphatic heterocycles. The number of hydrogen-bond acceptors (Lipinski definition) is 4. The number of alkyl halides is 1. The molecule has 10 heteroatoms. The van der Waals surface area contributed by atoms with E-state index in [1.165, 1.54) is 11.0 Å². The van der Waals surface area contributed by atoms with Gasteiger partial charge in [-0.1, -0.05) is 30.3 Å². The van der Waals surface area contributed by atoms with Gasteiger partial charge in [0.25, 0.3) is 0 Å². The number of nitrogens with zero attached hydrogens (tertiary/aromatic N) is 2. The summed E-state index contributed by atoms with van der Waals surface area (Å²) in [5, 5.41) is 9.42. The number of carbonyl (C=O) groups excluding carboxylic acids is 1. The van der Waals surface area contributed by atoms with Crippen LogP contribution in [0.15, 0.2) is 42.5 Å². The number of hydrogen-bond donors (Lipinski definition) is 1. The van der Waals surface area contributed by atoms with Crippen LogP contribution in [0.5, 0.6) is 0 Å². The smallest absolute Gasteiger partial charge is 0.230 e. The van der Waals surface area contributed by atoms with Gasteiger partial charge < -0.3 is 4.90 Å². The summed E-state index contributed by atoms with van der Waals surface area (Å²) in [5.41, 5.74) is -0.529. The van der Waals surface area contributed by atoms with Gasteiger partial charge in [0.05, 0.1) is 42.3 Å². The van der Waals surface area contributed by atoms with Crippen LogP contribution < -0.4 is 4.72 Å². The Morgan fingerprint density at radius 3 is 2.48 bits per heavy atom. The Hall–Kier alpha value is -2.90. The van der Waals surface area contributed by atoms with Crippen molar-refractivity contribution in [3.63, 3.8) is 0 Å². The molecule has 1 heterocycles. The summed E-state index contributed by atoms with van der Waals surface area (Å²) in [7, 11) is -3.57. The molecule has 1 N–H and O–H groups in total. The van der Waals surface area contributed by atoms with Gasteiger partial charge in [-0.2, -0.15) is 5.26 Å². The highest BCUT2D eigenvalue weighted by Gasteiger charge is 2.64. The van der Waals surface area contributed by atoms with E-state index in [-0.39, 0.29) is 31.5 Å². The van der Waals surface area contributed by atoms with E-state index in [1.54, 1.807) is 24.3 Å². The molecule has 0 spiro atoms. The zero-order valence-corrected chi connectivity index (χ0v) is 18.6. The molecule has 2 fully saturated rings. The minimum Gasteiger partial charge on any atom is -0.332 e. The minimum absolute atomic E-state index is 0.149. The molecular formula is C23H22F3N3O3S. The van der Waals surface area contributed by atoms with Gasteiger partial charge in [0.2, 0.25) is 15.9 Å². The maximum absolute atomic E-state index is 14.5. The first-order valence-corrected chi connectivity index (χ1v) is 12.3. The molecule has 6 nitrogen and oxygen atoms in total. The number of likely N-dealkylation sites (tertiary alicyclic amines) is 1. The molecule has 1 amide bonds. The van der Waals surface area contributed by atoms with E-state index in [0.717, 1.165) is 18.4 Å². The van der Waals surface area contributed by atoms with E-state index < -0.39 is 51.1 Å². The Morgan fingerprint density at radius 1 is 1.21 bits per heavy atom. The third-order valence-corrected chi connectivity index (χ3v) is 7.16. The molecule has 1 saturated heterocycles. The highest BCUT2D eigenvalue weighted by Crippen LogP contribution is 2.64. The fraction of sp³-hybridized carbons (Fsp3) is 0.391. The first-order chi connectivity index (χ1) is 15.6. The van der Waals surface area contributed by atoms with Gasteiger partial charge in [-0.05, 0) is 29.7 Å². The zero-order chi connectivity index (χ0) is 24.0. The summed E-state index contributed by atoms with van der Waals surface area (Å²) >= 11 is 0. The lowest BCUT2D eigenvalue weighted by Gasteiger charge is -2.45. The van der Waals surface area contributed by atoms with Gasteiger partial charge in [0.1, 0.15) is 17.8 Å². The molecule has 0 radical (unpaired) electrons. The van der Waals surface area contributed by atoms with Gasteiger partial charge in [0, 0.05) is 12.5 Å². The first kappa shape index (κ1) is 23.3. The molecule has 174 valence electrons. The Labute approximate surface area is 190 Å². The standard InChI is InChI=1S/C23H22F3N3O3S/c1-33(31,32)28-12-20-19(26)13-29(20)22(30)23(9-10-27)11-16(23)14-5-2-3-6-15(14)21-17(24)7-4-8-18(21)25/h2-8,16,19-20,28H,9,11-13H2,1H3/t16?,19-,20-,23?/m1/s1. The van der Waals surface area contributed by atoms with Crippen LogP contribution in [-0.4, -0.2) is 50.8 Å². The summed E-state index contributed by atoms with van der Waals surface area (Å²) in [6.07, 6.45) is -0.326. The van der Waals surface area contributed by atoms with Crippen molar-refractivity contribution in [3.05, 3.63) is 59.7 Å². The van der Waals surface area contributed by atoms with Crippen LogP contribution in [0.25, 0.3) is 11.1 Å². The molecule has 1 aliphatic carbocycles. The van der Waals surface area contributed by atoms with E-state index in [9.17, 15) is 31.6 Å². The molecule has 2 unspecified atom stereocenters. The molecule has 4 atom stereocenters. The van der Waals surface area contributed by atoms with Crippen LogP contribution in [0.4, 0.5) is 13.2 Å². The van der Waals surface area contributed by atoms with Crippen LogP contribution in [0.1, 0.15) is 24.3 Å². The van der Waals surface area contributed by atoms with Crippen molar-refractivity contribution < 1.29 is 26.4 Å². The number of nitriles is 1. The monoisotopic (exact) mass is 477 g/mol. The van der Waals surface area contributed by atoms with E-state index in [4.69, 9.17) is 0 Å². The second kappa shape index (κ2) is 8.47. The van der Waals surface area contributed by atoms with Crippen LogP contribution in [0, 0.1) is 28.4 Å². The Bertz CT molecular complexity index is 1230. The van der Waals surface area contributed by atoms with Gasteiger partial charge in [-0.3, -0.25) is 4.79 Å². The predicted molar refractivity (Wildman–Crippen MR) is 115 cm³/mol. The van der Waals surface area contributed by atoms with Crippen molar-refractivity contribution in [2.24, 2.45) is 5.41 Å². The SMILES string of the molecule is CS(=O)(=O)NC[C@@H]1[C@H](F)CN1C(=O)C1(CC#N)CC1c1ccccc1-c1c(F)cccc1F. The first-order valence-electron chi connectivity index (χ1n) is 10.4.